The van der Waals surface area contributed by atoms with Gasteiger partial charge in [0, 0.05) is 21.9 Å². The van der Waals surface area contributed by atoms with Gasteiger partial charge in [-0.25, -0.2) is 0 Å². The lowest BCUT2D eigenvalue weighted by atomic mass is 10.0. The van der Waals surface area contributed by atoms with Crippen molar-refractivity contribution in [1.82, 2.24) is 4.98 Å². The Labute approximate surface area is 123 Å². The van der Waals surface area contributed by atoms with Crippen LogP contribution in [-0.2, 0) is 0 Å². The number of hydrogen-bond acceptors (Lipinski definition) is 1. The summed E-state index contributed by atoms with van der Waals surface area (Å²) in [5.74, 6) is 0.876. The predicted octanol–water partition coefficient (Wildman–Crippen LogP) is 5.00. The van der Waals surface area contributed by atoms with Gasteiger partial charge in [0.15, 0.2) is 0 Å². The fraction of sp³-hybridized carbons (Fsp3) is 0.0526. The molecule has 102 valence electrons. The Morgan fingerprint density at radius 3 is 2.52 bits per heavy atom. The summed E-state index contributed by atoms with van der Waals surface area (Å²) in [7, 11) is 1.70. The average Bonchev–Trinajstić information content (AvgIpc) is 2.93. The maximum Gasteiger partial charge on any atom is 0.119 e. The molecule has 4 rings (SSSR count). The van der Waals surface area contributed by atoms with E-state index in [4.69, 9.17) is 4.74 Å². The number of nitrogens with one attached hydrogen (secondary N) is 1. The molecule has 0 fully saturated rings. The molecular formula is C19H15NO. The molecule has 0 spiro atoms. The minimum Gasteiger partial charge on any atom is -0.497 e. The summed E-state index contributed by atoms with van der Waals surface area (Å²) < 4.78 is 5.34. The van der Waals surface area contributed by atoms with Crippen molar-refractivity contribution in [3.8, 4) is 16.9 Å². The highest BCUT2D eigenvalue weighted by Gasteiger charge is 2.09. The molecule has 0 aliphatic heterocycles. The summed E-state index contributed by atoms with van der Waals surface area (Å²) in [6, 6.07) is 23.0. The average molecular weight is 273 g/mol. The van der Waals surface area contributed by atoms with Crippen LogP contribution in [0.15, 0.2) is 66.7 Å². The maximum atomic E-state index is 5.34. The summed E-state index contributed by atoms with van der Waals surface area (Å²) in [6.07, 6.45) is 0. The number of benzene rings is 3. The van der Waals surface area contributed by atoms with E-state index >= 15 is 0 Å². The first-order valence-electron chi connectivity index (χ1n) is 7.01. The van der Waals surface area contributed by atoms with E-state index in [1.54, 1.807) is 7.11 Å². The van der Waals surface area contributed by atoms with Crippen LogP contribution in [-0.4, -0.2) is 12.1 Å². The van der Waals surface area contributed by atoms with Crippen molar-refractivity contribution >= 4 is 21.8 Å². The monoisotopic (exact) mass is 273 g/mol. The number of para-hydroxylation sites is 2. The Balaban J connectivity index is 2.04. The van der Waals surface area contributed by atoms with Crippen LogP contribution < -0.4 is 4.74 Å². The lowest BCUT2D eigenvalue weighted by Crippen LogP contribution is -1.84. The van der Waals surface area contributed by atoms with Gasteiger partial charge < -0.3 is 9.72 Å². The van der Waals surface area contributed by atoms with E-state index in [0.717, 1.165) is 11.3 Å². The molecule has 21 heavy (non-hydrogen) atoms. The lowest BCUT2D eigenvalue weighted by Gasteiger charge is -2.06. The second kappa shape index (κ2) is 4.67. The molecule has 1 N–H and O–H groups in total. The number of ether oxygens (including phenoxy) is 1. The molecule has 0 bridgehead atoms. The van der Waals surface area contributed by atoms with Crippen molar-refractivity contribution in [3.05, 3.63) is 66.7 Å². The number of aromatic amines is 1. The number of fused-ring (bicyclic) bond motifs is 3. The van der Waals surface area contributed by atoms with E-state index in [1.165, 1.54) is 27.4 Å². The molecule has 1 aromatic heterocycles. The van der Waals surface area contributed by atoms with Gasteiger partial charge >= 0.3 is 0 Å². The molecule has 0 saturated carbocycles. The molecule has 2 heteroatoms. The fourth-order valence-corrected chi connectivity index (χ4v) is 2.90. The molecule has 0 aliphatic rings. The van der Waals surface area contributed by atoms with Gasteiger partial charge in [-0.1, -0.05) is 48.5 Å². The molecule has 0 saturated heterocycles. The second-order valence-corrected chi connectivity index (χ2v) is 5.13. The van der Waals surface area contributed by atoms with Crippen LogP contribution in [0.3, 0.4) is 0 Å². The molecule has 1 heterocycles. The zero-order valence-corrected chi connectivity index (χ0v) is 11.8. The van der Waals surface area contributed by atoms with Crippen LogP contribution in [0.1, 0.15) is 0 Å². The van der Waals surface area contributed by atoms with Gasteiger partial charge in [0.2, 0.25) is 0 Å². The van der Waals surface area contributed by atoms with E-state index in [0.29, 0.717) is 0 Å². The largest absolute Gasteiger partial charge is 0.497 e. The highest BCUT2D eigenvalue weighted by molar-refractivity contribution is 6.11. The standard InChI is InChI=1S/C19H15NO/c1-21-14-7-4-6-13(12-14)15-9-5-10-17-16-8-2-3-11-18(16)20-19(15)17/h2-12,20H,1H3. The quantitative estimate of drug-likeness (QED) is 0.546. The predicted molar refractivity (Wildman–Crippen MR) is 87.8 cm³/mol. The van der Waals surface area contributed by atoms with Gasteiger partial charge in [-0.2, -0.15) is 0 Å². The molecule has 3 aromatic carbocycles. The number of aromatic nitrogens is 1. The fourth-order valence-electron chi connectivity index (χ4n) is 2.90. The highest BCUT2D eigenvalue weighted by Crippen LogP contribution is 2.34. The normalized spacial score (nSPS) is 11.1. The second-order valence-electron chi connectivity index (χ2n) is 5.13. The Kier molecular flexibility index (Phi) is 2.68. The molecule has 0 aliphatic carbocycles. The minimum atomic E-state index is 0.876. The van der Waals surface area contributed by atoms with E-state index in [2.05, 4.69) is 59.6 Å². The van der Waals surface area contributed by atoms with E-state index in [1.807, 2.05) is 12.1 Å². The summed E-state index contributed by atoms with van der Waals surface area (Å²) in [4.78, 5) is 3.54. The molecular weight excluding hydrogens is 258 g/mol. The number of H-pyrrole nitrogens is 1. The maximum absolute atomic E-state index is 5.34. The summed E-state index contributed by atoms with van der Waals surface area (Å²) in [5.41, 5.74) is 4.70. The smallest absolute Gasteiger partial charge is 0.119 e. The van der Waals surface area contributed by atoms with Gasteiger partial charge in [0.05, 0.1) is 12.6 Å². The van der Waals surface area contributed by atoms with Crippen LogP contribution >= 0.6 is 0 Å². The Morgan fingerprint density at radius 1 is 0.810 bits per heavy atom. The minimum absolute atomic E-state index is 0.876. The van der Waals surface area contributed by atoms with Gasteiger partial charge in [0.1, 0.15) is 5.75 Å². The van der Waals surface area contributed by atoms with Crippen LogP contribution in [0.4, 0.5) is 0 Å². The molecule has 2 nitrogen and oxygen atoms in total. The van der Waals surface area contributed by atoms with Gasteiger partial charge in [-0.3, -0.25) is 0 Å². The van der Waals surface area contributed by atoms with Gasteiger partial charge in [0.25, 0.3) is 0 Å². The van der Waals surface area contributed by atoms with Crippen LogP contribution in [0.2, 0.25) is 0 Å². The Morgan fingerprint density at radius 2 is 1.62 bits per heavy atom. The SMILES string of the molecule is COc1cccc(-c2cccc3c2[nH]c2ccccc23)c1. The third kappa shape index (κ3) is 1.88. The first-order chi connectivity index (χ1) is 10.4. The van der Waals surface area contributed by atoms with Crippen molar-refractivity contribution in [2.75, 3.05) is 7.11 Å². The molecule has 0 radical (unpaired) electrons. The van der Waals surface area contributed by atoms with Crippen molar-refractivity contribution in [2.24, 2.45) is 0 Å². The highest BCUT2D eigenvalue weighted by atomic mass is 16.5. The molecule has 0 atom stereocenters. The van der Waals surface area contributed by atoms with Gasteiger partial charge in [-0.05, 0) is 23.8 Å². The molecule has 0 unspecified atom stereocenters. The molecule has 4 aromatic rings. The number of hydrogen-bond donors (Lipinski definition) is 1. The Hall–Kier alpha value is -2.74. The summed E-state index contributed by atoms with van der Waals surface area (Å²) in [6.45, 7) is 0. The van der Waals surface area contributed by atoms with Crippen LogP contribution in [0.5, 0.6) is 5.75 Å². The Bertz CT molecular complexity index is 937. The van der Waals surface area contributed by atoms with Crippen LogP contribution in [0.25, 0.3) is 32.9 Å². The first-order valence-corrected chi connectivity index (χ1v) is 7.01. The first kappa shape index (κ1) is 12.0. The van der Waals surface area contributed by atoms with Crippen LogP contribution in [0, 0.1) is 0 Å². The van der Waals surface area contributed by atoms with E-state index < -0.39 is 0 Å². The zero-order chi connectivity index (χ0) is 14.2. The van der Waals surface area contributed by atoms with E-state index in [-0.39, 0.29) is 0 Å². The van der Waals surface area contributed by atoms with Crippen molar-refractivity contribution in [3.63, 3.8) is 0 Å². The summed E-state index contributed by atoms with van der Waals surface area (Å²) in [5, 5.41) is 2.52. The summed E-state index contributed by atoms with van der Waals surface area (Å²) >= 11 is 0. The third-order valence-corrected chi connectivity index (χ3v) is 3.92. The number of methoxy groups -OCH3 is 1. The van der Waals surface area contributed by atoms with Crippen molar-refractivity contribution in [2.45, 2.75) is 0 Å². The van der Waals surface area contributed by atoms with E-state index in [9.17, 15) is 0 Å². The van der Waals surface area contributed by atoms with Crippen molar-refractivity contribution < 1.29 is 4.74 Å². The van der Waals surface area contributed by atoms with Crippen molar-refractivity contribution in [1.29, 1.82) is 0 Å². The van der Waals surface area contributed by atoms with Gasteiger partial charge in [-0.15, -0.1) is 0 Å². The topological polar surface area (TPSA) is 25.0 Å². The molecule has 0 amide bonds. The third-order valence-electron chi connectivity index (χ3n) is 3.92. The lowest BCUT2D eigenvalue weighted by molar-refractivity contribution is 0.415. The zero-order valence-electron chi connectivity index (χ0n) is 11.8. The number of rotatable bonds is 2.